The summed E-state index contributed by atoms with van der Waals surface area (Å²) in [5.74, 6) is -0.0184. The Morgan fingerprint density at radius 3 is 2.95 bits per heavy atom. The Labute approximate surface area is 113 Å². The molecule has 3 fully saturated rings. The van der Waals surface area contributed by atoms with Crippen LogP contribution in [-0.2, 0) is 14.3 Å². The highest BCUT2D eigenvalue weighted by Crippen LogP contribution is 2.45. The number of aliphatic hydroxyl groups is 1. The Kier molecular flexibility index (Phi) is 2.98. The normalized spacial score (nSPS) is 50.2. The largest absolute Gasteiger partial charge is 0.455 e. The molecular weight excluding hydrogens is 244 g/mol. The van der Waals surface area contributed by atoms with Gasteiger partial charge in [-0.1, -0.05) is 19.9 Å². The van der Waals surface area contributed by atoms with Crippen LogP contribution in [0.5, 0.6) is 0 Å². The molecule has 3 saturated heterocycles. The van der Waals surface area contributed by atoms with Crippen LogP contribution in [-0.4, -0.2) is 35.0 Å². The zero-order valence-electron chi connectivity index (χ0n) is 11.6. The van der Waals surface area contributed by atoms with Crippen molar-refractivity contribution in [2.24, 2.45) is 11.8 Å². The van der Waals surface area contributed by atoms with Gasteiger partial charge in [0, 0.05) is 11.5 Å². The van der Waals surface area contributed by atoms with E-state index in [-0.39, 0.29) is 18.0 Å². The first-order valence-corrected chi connectivity index (χ1v) is 7.18. The Morgan fingerprint density at radius 1 is 1.47 bits per heavy atom. The predicted octanol–water partition coefficient (Wildman–Crippen LogP) is 1.81. The van der Waals surface area contributed by atoms with E-state index in [0.29, 0.717) is 11.5 Å². The third kappa shape index (κ3) is 1.93. The molecule has 1 N–H and O–H groups in total. The van der Waals surface area contributed by atoms with Gasteiger partial charge in [-0.05, 0) is 32.1 Å². The third-order valence-electron chi connectivity index (χ3n) is 5.16. The van der Waals surface area contributed by atoms with Gasteiger partial charge in [0.1, 0.15) is 12.2 Å². The minimum absolute atomic E-state index is 0.0726. The molecule has 19 heavy (non-hydrogen) atoms. The second-order valence-electron chi connectivity index (χ2n) is 6.52. The lowest BCUT2D eigenvalue weighted by Gasteiger charge is -2.36. The second-order valence-corrected chi connectivity index (χ2v) is 6.52. The highest BCUT2D eigenvalue weighted by Gasteiger charge is 2.54. The summed E-state index contributed by atoms with van der Waals surface area (Å²) >= 11 is 0. The van der Waals surface area contributed by atoms with Crippen molar-refractivity contribution in [1.82, 2.24) is 0 Å². The summed E-state index contributed by atoms with van der Waals surface area (Å²) < 4.78 is 11.6. The van der Waals surface area contributed by atoms with Crippen molar-refractivity contribution in [3.63, 3.8) is 0 Å². The zero-order valence-corrected chi connectivity index (χ0v) is 11.6. The average molecular weight is 266 g/mol. The van der Waals surface area contributed by atoms with Crippen LogP contribution in [0.15, 0.2) is 12.2 Å². The fraction of sp³-hybridized carbons (Fsp3) is 0.800. The maximum atomic E-state index is 11.7. The van der Waals surface area contributed by atoms with Crippen LogP contribution in [0.3, 0.4) is 0 Å². The van der Waals surface area contributed by atoms with Crippen LogP contribution < -0.4 is 0 Å². The van der Waals surface area contributed by atoms with Gasteiger partial charge in [-0.3, -0.25) is 0 Å². The van der Waals surface area contributed by atoms with Crippen molar-refractivity contribution in [3.05, 3.63) is 12.2 Å². The summed E-state index contributed by atoms with van der Waals surface area (Å²) in [6, 6.07) is 0. The molecule has 3 aliphatic heterocycles. The number of fused-ring (bicyclic) bond motifs is 3. The first-order chi connectivity index (χ1) is 8.92. The van der Waals surface area contributed by atoms with Crippen molar-refractivity contribution in [2.45, 2.75) is 63.4 Å². The van der Waals surface area contributed by atoms with Crippen molar-refractivity contribution in [2.75, 3.05) is 0 Å². The quantitative estimate of drug-likeness (QED) is 0.536. The van der Waals surface area contributed by atoms with E-state index in [1.165, 1.54) is 0 Å². The van der Waals surface area contributed by atoms with Gasteiger partial charge in [0.25, 0.3) is 0 Å². The van der Waals surface area contributed by atoms with Gasteiger partial charge in [0.2, 0.25) is 0 Å². The number of esters is 1. The molecule has 0 aliphatic carbocycles. The van der Waals surface area contributed by atoms with E-state index in [1.54, 1.807) is 0 Å². The Bertz CT molecular complexity index is 418. The van der Waals surface area contributed by atoms with Crippen molar-refractivity contribution < 1.29 is 19.4 Å². The fourth-order valence-electron chi connectivity index (χ4n) is 3.77. The number of rotatable bonds is 0. The van der Waals surface area contributed by atoms with Gasteiger partial charge >= 0.3 is 5.97 Å². The van der Waals surface area contributed by atoms with Gasteiger partial charge < -0.3 is 14.6 Å². The Balaban J connectivity index is 1.99. The molecule has 0 aromatic heterocycles. The highest BCUT2D eigenvalue weighted by atomic mass is 16.6. The number of carbonyl (C=O) groups excluding carboxylic acids is 1. The molecule has 0 amide bonds. The number of ether oxygens (including phenoxy) is 2. The molecule has 106 valence electrons. The maximum Gasteiger partial charge on any atom is 0.334 e. The van der Waals surface area contributed by atoms with E-state index < -0.39 is 17.8 Å². The molecule has 4 nitrogen and oxygen atoms in total. The molecule has 0 radical (unpaired) electrons. The molecule has 3 heterocycles. The van der Waals surface area contributed by atoms with Crippen LogP contribution in [0.1, 0.15) is 39.5 Å². The predicted molar refractivity (Wildman–Crippen MR) is 69.4 cm³/mol. The van der Waals surface area contributed by atoms with E-state index in [0.717, 1.165) is 25.7 Å². The molecular formula is C15H22O4. The summed E-state index contributed by atoms with van der Waals surface area (Å²) in [6.07, 6.45) is 2.49. The summed E-state index contributed by atoms with van der Waals surface area (Å²) in [6.45, 7) is 7.97. The lowest BCUT2D eigenvalue weighted by atomic mass is 9.80. The minimum atomic E-state index is -0.768. The molecule has 0 unspecified atom stereocenters. The standard InChI is InChI=1S/C15H22O4/c1-8-5-4-6-15(3)13(16)12-10(7-11(8)19-15)9(2)14(17)18-12/h8,10-13,16H,2,4-7H2,1,3H3/t8-,10+,11-,12+,13-,15-/m1/s1. The number of aliphatic hydroxyl groups excluding tert-OH is 1. The molecule has 3 rings (SSSR count). The molecule has 0 aromatic rings. The topological polar surface area (TPSA) is 55.8 Å². The Morgan fingerprint density at radius 2 is 2.21 bits per heavy atom. The zero-order chi connectivity index (χ0) is 13.8. The third-order valence-corrected chi connectivity index (χ3v) is 5.16. The van der Waals surface area contributed by atoms with E-state index in [2.05, 4.69) is 13.5 Å². The van der Waals surface area contributed by atoms with E-state index >= 15 is 0 Å². The summed E-state index contributed by atoms with van der Waals surface area (Å²) in [7, 11) is 0. The van der Waals surface area contributed by atoms with Crippen LogP contribution in [0.25, 0.3) is 0 Å². The first-order valence-electron chi connectivity index (χ1n) is 7.18. The van der Waals surface area contributed by atoms with Crippen LogP contribution >= 0.6 is 0 Å². The lowest BCUT2D eigenvalue weighted by molar-refractivity contribution is -0.173. The number of hydrogen-bond donors (Lipinski definition) is 1. The fourth-order valence-corrected chi connectivity index (χ4v) is 3.77. The maximum absolute atomic E-state index is 11.7. The second kappa shape index (κ2) is 4.32. The van der Waals surface area contributed by atoms with E-state index in [9.17, 15) is 9.90 Å². The molecule has 0 saturated carbocycles. The average Bonchev–Trinajstić information content (AvgIpc) is 2.49. The smallest absolute Gasteiger partial charge is 0.334 e. The van der Waals surface area contributed by atoms with Crippen LogP contribution in [0.4, 0.5) is 0 Å². The molecule has 3 aliphatic rings. The SMILES string of the molecule is C=C1C(=O)O[C@@H]2[C@@H](O)[C@@]3(C)CCC[C@@H](C)[C@@H](C[C@@H]12)O3. The molecule has 4 heteroatoms. The van der Waals surface area contributed by atoms with E-state index in [1.807, 2.05) is 6.92 Å². The Hall–Kier alpha value is -0.870. The van der Waals surface area contributed by atoms with Gasteiger partial charge in [-0.15, -0.1) is 0 Å². The van der Waals surface area contributed by atoms with Crippen molar-refractivity contribution in [1.29, 1.82) is 0 Å². The van der Waals surface area contributed by atoms with Gasteiger partial charge in [0.05, 0.1) is 11.7 Å². The monoisotopic (exact) mass is 266 g/mol. The number of carbonyl (C=O) groups is 1. The van der Waals surface area contributed by atoms with Crippen molar-refractivity contribution in [3.8, 4) is 0 Å². The molecule has 6 atom stereocenters. The summed E-state index contributed by atoms with van der Waals surface area (Å²) in [5.41, 5.74) is -0.116. The minimum Gasteiger partial charge on any atom is -0.455 e. The van der Waals surface area contributed by atoms with Crippen LogP contribution in [0.2, 0.25) is 0 Å². The molecule has 0 spiro atoms. The molecule has 2 bridgehead atoms. The first kappa shape index (κ1) is 13.1. The number of hydrogen-bond acceptors (Lipinski definition) is 4. The van der Waals surface area contributed by atoms with Gasteiger partial charge in [-0.2, -0.15) is 0 Å². The summed E-state index contributed by atoms with van der Waals surface area (Å²) in [4.78, 5) is 11.7. The highest BCUT2D eigenvalue weighted by molar-refractivity contribution is 5.90. The van der Waals surface area contributed by atoms with Gasteiger partial charge in [-0.25, -0.2) is 4.79 Å². The van der Waals surface area contributed by atoms with Crippen molar-refractivity contribution >= 4 is 5.97 Å². The van der Waals surface area contributed by atoms with Crippen LogP contribution in [0, 0.1) is 11.8 Å². The summed E-state index contributed by atoms with van der Waals surface area (Å²) in [5, 5.41) is 10.6. The molecule has 0 aromatic carbocycles. The van der Waals surface area contributed by atoms with E-state index in [4.69, 9.17) is 9.47 Å². The van der Waals surface area contributed by atoms with Gasteiger partial charge in [0.15, 0.2) is 0 Å². The lowest BCUT2D eigenvalue weighted by Crippen LogP contribution is -2.49.